The molecule has 1 heteroatoms. The number of ether oxygens (including phenoxy) is 1. The van der Waals surface area contributed by atoms with Crippen molar-refractivity contribution in [1.29, 1.82) is 0 Å². The maximum Gasteiger partial charge on any atom is 0.123 e. The van der Waals surface area contributed by atoms with Gasteiger partial charge in [0.05, 0.1) is 0 Å². The van der Waals surface area contributed by atoms with E-state index >= 15 is 0 Å². The summed E-state index contributed by atoms with van der Waals surface area (Å²) in [5.41, 5.74) is 5.13. The van der Waals surface area contributed by atoms with E-state index in [4.69, 9.17) is 4.74 Å². The maximum atomic E-state index is 6.23. The van der Waals surface area contributed by atoms with Gasteiger partial charge in [0.2, 0.25) is 0 Å². The number of benzene rings is 3. The fourth-order valence-corrected chi connectivity index (χ4v) is 3.28. The minimum Gasteiger partial charge on any atom is -0.489 e. The zero-order valence-electron chi connectivity index (χ0n) is 15.1. The lowest BCUT2D eigenvalue weighted by Crippen LogP contribution is -2.06. The molecule has 1 unspecified atom stereocenters. The van der Waals surface area contributed by atoms with Crippen LogP contribution in [0.2, 0.25) is 0 Å². The summed E-state index contributed by atoms with van der Waals surface area (Å²) >= 11 is 0. The molecule has 0 bridgehead atoms. The number of rotatable bonds is 7. The van der Waals surface area contributed by atoms with Gasteiger partial charge in [0, 0.05) is 11.5 Å². The minimum atomic E-state index is 0.372. The van der Waals surface area contributed by atoms with Crippen molar-refractivity contribution in [3.63, 3.8) is 0 Å². The van der Waals surface area contributed by atoms with E-state index in [0.29, 0.717) is 12.5 Å². The third kappa shape index (κ3) is 4.51. The summed E-state index contributed by atoms with van der Waals surface area (Å²) in [4.78, 5) is 0. The Balaban J connectivity index is 1.91. The van der Waals surface area contributed by atoms with Gasteiger partial charge >= 0.3 is 0 Å². The summed E-state index contributed by atoms with van der Waals surface area (Å²) in [7, 11) is 0. The highest BCUT2D eigenvalue weighted by molar-refractivity contribution is 5.44. The lowest BCUT2D eigenvalue weighted by atomic mass is 9.86. The average Bonchev–Trinajstić information content (AvgIpc) is 2.66. The van der Waals surface area contributed by atoms with Crippen LogP contribution in [0.25, 0.3) is 0 Å². The van der Waals surface area contributed by atoms with Gasteiger partial charge < -0.3 is 4.74 Å². The van der Waals surface area contributed by atoms with Crippen molar-refractivity contribution in [3.05, 3.63) is 101 Å². The first-order chi connectivity index (χ1) is 12.3. The molecule has 0 aliphatic heterocycles. The Hall–Kier alpha value is -2.54. The van der Waals surface area contributed by atoms with Gasteiger partial charge in [0.25, 0.3) is 0 Å². The molecule has 0 aliphatic rings. The van der Waals surface area contributed by atoms with E-state index in [1.54, 1.807) is 0 Å². The molecule has 0 N–H and O–H groups in total. The third-order valence-corrected chi connectivity index (χ3v) is 4.56. The fraction of sp³-hybridized carbons (Fsp3) is 0.250. The highest BCUT2D eigenvalue weighted by Gasteiger charge is 2.18. The SMILES string of the molecule is CCCC(c1ccccc1)c1cc(C)ccc1OCc1ccccc1. The Morgan fingerprint density at radius 3 is 2.20 bits per heavy atom. The zero-order chi connectivity index (χ0) is 17.5. The van der Waals surface area contributed by atoms with Crippen LogP contribution in [-0.4, -0.2) is 0 Å². The van der Waals surface area contributed by atoms with E-state index in [9.17, 15) is 0 Å². The van der Waals surface area contributed by atoms with Gasteiger partial charge in [0.1, 0.15) is 12.4 Å². The lowest BCUT2D eigenvalue weighted by Gasteiger charge is -2.21. The summed E-state index contributed by atoms with van der Waals surface area (Å²) < 4.78 is 6.23. The lowest BCUT2D eigenvalue weighted by molar-refractivity contribution is 0.301. The fourth-order valence-electron chi connectivity index (χ4n) is 3.28. The van der Waals surface area contributed by atoms with Crippen molar-refractivity contribution >= 4 is 0 Å². The molecular weight excluding hydrogens is 304 g/mol. The molecule has 0 saturated carbocycles. The summed E-state index contributed by atoms with van der Waals surface area (Å²) in [6, 6.07) is 27.7. The number of aryl methyl sites for hydroxylation is 1. The molecule has 0 saturated heterocycles. The first kappa shape index (κ1) is 17.3. The molecular formula is C24H26O. The zero-order valence-corrected chi connectivity index (χ0v) is 15.1. The van der Waals surface area contributed by atoms with Crippen molar-refractivity contribution in [2.45, 2.75) is 39.2 Å². The molecule has 0 aliphatic carbocycles. The summed E-state index contributed by atoms with van der Waals surface area (Å²) in [6.45, 7) is 5.00. The average molecular weight is 330 g/mol. The third-order valence-electron chi connectivity index (χ3n) is 4.56. The van der Waals surface area contributed by atoms with Gasteiger partial charge in [-0.05, 0) is 30.5 Å². The van der Waals surface area contributed by atoms with Crippen molar-refractivity contribution in [2.75, 3.05) is 0 Å². The van der Waals surface area contributed by atoms with E-state index in [-0.39, 0.29) is 0 Å². The largest absolute Gasteiger partial charge is 0.489 e. The molecule has 0 amide bonds. The molecule has 0 fully saturated rings. The van der Waals surface area contributed by atoms with Gasteiger partial charge in [-0.3, -0.25) is 0 Å². The van der Waals surface area contributed by atoms with E-state index in [2.05, 4.69) is 86.6 Å². The van der Waals surface area contributed by atoms with E-state index in [0.717, 1.165) is 18.6 Å². The van der Waals surface area contributed by atoms with Gasteiger partial charge in [-0.1, -0.05) is 91.7 Å². The van der Waals surface area contributed by atoms with Gasteiger partial charge in [0.15, 0.2) is 0 Å². The molecule has 0 heterocycles. The van der Waals surface area contributed by atoms with Gasteiger partial charge in [-0.15, -0.1) is 0 Å². The van der Waals surface area contributed by atoms with Crippen molar-refractivity contribution in [1.82, 2.24) is 0 Å². The van der Waals surface area contributed by atoms with Crippen molar-refractivity contribution < 1.29 is 4.74 Å². The normalized spacial score (nSPS) is 11.9. The first-order valence-electron chi connectivity index (χ1n) is 9.10. The summed E-state index contributed by atoms with van der Waals surface area (Å²) in [6.07, 6.45) is 2.26. The van der Waals surface area contributed by atoms with E-state index in [1.807, 2.05) is 6.07 Å². The quantitative estimate of drug-likeness (QED) is 0.480. The van der Waals surface area contributed by atoms with E-state index < -0.39 is 0 Å². The molecule has 1 nitrogen and oxygen atoms in total. The Morgan fingerprint density at radius 1 is 0.840 bits per heavy atom. The van der Waals surface area contributed by atoms with Gasteiger partial charge in [-0.2, -0.15) is 0 Å². The number of hydrogen-bond donors (Lipinski definition) is 0. The van der Waals surface area contributed by atoms with Crippen LogP contribution in [0.5, 0.6) is 5.75 Å². The maximum absolute atomic E-state index is 6.23. The van der Waals surface area contributed by atoms with Crippen LogP contribution in [0.4, 0.5) is 0 Å². The molecule has 25 heavy (non-hydrogen) atoms. The smallest absolute Gasteiger partial charge is 0.123 e. The Morgan fingerprint density at radius 2 is 1.52 bits per heavy atom. The second kappa shape index (κ2) is 8.53. The standard InChI is InChI=1S/C24H26O/c1-3-10-22(21-13-8-5-9-14-21)23-17-19(2)15-16-24(23)25-18-20-11-6-4-7-12-20/h4-9,11-17,22H,3,10,18H2,1-2H3. The molecule has 3 aromatic rings. The highest BCUT2D eigenvalue weighted by Crippen LogP contribution is 2.36. The number of hydrogen-bond acceptors (Lipinski definition) is 1. The summed E-state index contributed by atoms with van der Waals surface area (Å²) in [5, 5.41) is 0. The molecule has 3 rings (SSSR count). The van der Waals surface area contributed by atoms with Crippen LogP contribution >= 0.6 is 0 Å². The van der Waals surface area contributed by atoms with Crippen LogP contribution in [-0.2, 0) is 6.61 Å². The van der Waals surface area contributed by atoms with Crippen LogP contribution in [0.1, 0.15) is 47.9 Å². The molecule has 0 spiro atoms. The summed E-state index contributed by atoms with van der Waals surface area (Å²) in [5.74, 6) is 1.37. The molecule has 0 radical (unpaired) electrons. The first-order valence-corrected chi connectivity index (χ1v) is 9.10. The van der Waals surface area contributed by atoms with Crippen LogP contribution in [0, 0.1) is 6.92 Å². The topological polar surface area (TPSA) is 9.23 Å². The minimum absolute atomic E-state index is 0.372. The monoisotopic (exact) mass is 330 g/mol. The molecule has 0 aromatic heterocycles. The van der Waals surface area contributed by atoms with Gasteiger partial charge in [-0.25, -0.2) is 0 Å². The molecule has 3 aromatic carbocycles. The van der Waals surface area contributed by atoms with Crippen LogP contribution < -0.4 is 4.74 Å². The second-order valence-corrected chi connectivity index (χ2v) is 6.57. The van der Waals surface area contributed by atoms with Crippen LogP contribution in [0.3, 0.4) is 0 Å². The van der Waals surface area contributed by atoms with Crippen molar-refractivity contribution in [2.24, 2.45) is 0 Å². The van der Waals surface area contributed by atoms with Crippen LogP contribution in [0.15, 0.2) is 78.9 Å². The molecule has 1 atom stereocenters. The Bertz CT molecular complexity index is 778. The predicted octanol–water partition coefficient (Wildman–Crippen LogP) is 6.51. The molecule has 128 valence electrons. The Labute approximate surface area is 151 Å². The predicted molar refractivity (Wildman–Crippen MR) is 105 cm³/mol. The van der Waals surface area contributed by atoms with E-state index in [1.165, 1.54) is 22.3 Å². The van der Waals surface area contributed by atoms with Crippen molar-refractivity contribution in [3.8, 4) is 5.75 Å². The second-order valence-electron chi connectivity index (χ2n) is 6.57. The highest BCUT2D eigenvalue weighted by atomic mass is 16.5. The Kier molecular flexibility index (Phi) is 5.90.